The molecule has 2 rings (SSSR count). The van der Waals surface area contributed by atoms with E-state index < -0.39 is 0 Å². The van der Waals surface area contributed by atoms with Gasteiger partial charge in [0.1, 0.15) is 5.82 Å². The van der Waals surface area contributed by atoms with Crippen molar-refractivity contribution in [3.8, 4) is 0 Å². The van der Waals surface area contributed by atoms with Crippen molar-refractivity contribution in [1.29, 1.82) is 0 Å². The van der Waals surface area contributed by atoms with Crippen molar-refractivity contribution in [3.63, 3.8) is 0 Å². The van der Waals surface area contributed by atoms with Crippen molar-refractivity contribution in [1.82, 2.24) is 5.32 Å². The lowest BCUT2D eigenvalue weighted by Crippen LogP contribution is -2.40. The SMILES string of the molecule is CC(C)CNCC1(c2c(F)cccc2Cl)CCCCCC1. The van der Waals surface area contributed by atoms with Crippen LogP contribution < -0.4 is 5.32 Å². The van der Waals surface area contributed by atoms with Gasteiger partial charge in [0.2, 0.25) is 0 Å². The Labute approximate surface area is 133 Å². The predicted octanol–water partition coefficient (Wildman–Crippen LogP) is 5.32. The molecule has 1 aliphatic carbocycles. The molecule has 0 unspecified atom stereocenters. The molecule has 0 radical (unpaired) electrons. The highest BCUT2D eigenvalue weighted by molar-refractivity contribution is 6.31. The van der Waals surface area contributed by atoms with Gasteiger partial charge in [0, 0.05) is 22.5 Å². The summed E-state index contributed by atoms with van der Waals surface area (Å²) in [6.45, 7) is 6.19. The highest BCUT2D eigenvalue weighted by Gasteiger charge is 2.36. The summed E-state index contributed by atoms with van der Waals surface area (Å²) in [4.78, 5) is 0. The molecule has 1 aromatic rings. The maximum absolute atomic E-state index is 14.5. The van der Waals surface area contributed by atoms with Crippen LogP contribution in [0.2, 0.25) is 5.02 Å². The minimum atomic E-state index is -0.145. The maximum atomic E-state index is 14.5. The van der Waals surface area contributed by atoms with Gasteiger partial charge in [-0.2, -0.15) is 0 Å². The predicted molar refractivity (Wildman–Crippen MR) is 88.5 cm³/mol. The Bertz CT molecular complexity index is 430. The zero-order valence-corrected chi connectivity index (χ0v) is 14.0. The number of rotatable bonds is 5. The van der Waals surface area contributed by atoms with Crippen molar-refractivity contribution in [2.24, 2.45) is 5.92 Å². The van der Waals surface area contributed by atoms with E-state index >= 15 is 0 Å². The van der Waals surface area contributed by atoms with E-state index in [1.807, 2.05) is 6.07 Å². The molecule has 1 fully saturated rings. The van der Waals surface area contributed by atoms with E-state index in [0.717, 1.165) is 44.3 Å². The van der Waals surface area contributed by atoms with Gasteiger partial charge in [-0.1, -0.05) is 57.2 Å². The van der Waals surface area contributed by atoms with Gasteiger partial charge in [0.25, 0.3) is 0 Å². The molecule has 0 amide bonds. The van der Waals surface area contributed by atoms with Gasteiger partial charge in [0.05, 0.1) is 0 Å². The summed E-state index contributed by atoms with van der Waals surface area (Å²) >= 11 is 6.38. The highest BCUT2D eigenvalue weighted by atomic mass is 35.5. The first-order valence-corrected chi connectivity index (χ1v) is 8.58. The second-order valence-corrected chi connectivity index (χ2v) is 7.22. The van der Waals surface area contributed by atoms with E-state index in [1.54, 1.807) is 12.1 Å². The van der Waals surface area contributed by atoms with Crippen LogP contribution in [0, 0.1) is 11.7 Å². The standard InChI is InChI=1S/C18H27ClFN/c1-14(2)12-21-13-18(10-5-3-4-6-11-18)17-15(19)8-7-9-16(17)20/h7-9,14,21H,3-6,10-13H2,1-2H3. The summed E-state index contributed by atoms with van der Waals surface area (Å²) in [5.74, 6) is 0.458. The summed E-state index contributed by atoms with van der Waals surface area (Å²) < 4.78 is 14.5. The molecule has 0 saturated heterocycles. The second-order valence-electron chi connectivity index (χ2n) is 6.82. The Balaban J connectivity index is 2.30. The van der Waals surface area contributed by atoms with Crippen LogP contribution in [0.5, 0.6) is 0 Å². The number of hydrogen-bond donors (Lipinski definition) is 1. The van der Waals surface area contributed by atoms with Crippen LogP contribution in [0.15, 0.2) is 18.2 Å². The fourth-order valence-corrected chi connectivity index (χ4v) is 3.89. The first-order chi connectivity index (χ1) is 10.1. The Kier molecular flexibility index (Phi) is 6.07. The van der Waals surface area contributed by atoms with Gasteiger partial charge in [0.15, 0.2) is 0 Å². The molecule has 0 bridgehead atoms. The van der Waals surface area contributed by atoms with Gasteiger partial charge in [-0.25, -0.2) is 4.39 Å². The molecule has 0 atom stereocenters. The summed E-state index contributed by atoms with van der Waals surface area (Å²) in [6, 6.07) is 5.08. The average Bonchev–Trinajstić information content (AvgIpc) is 2.64. The fraction of sp³-hybridized carbons (Fsp3) is 0.667. The van der Waals surface area contributed by atoms with Gasteiger partial charge in [-0.3, -0.25) is 0 Å². The Morgan fingerprint density at radius 3 is 2.43 bits per heavy atom. The number of halogens is 2. The summed E-state index contributed by atoms with van der Waals surface area (Å²) in [5, 5.41) is 4.14. The smallest absolute Gasteiger partial charge is 0.128 e. The van der Waals surface area contributed by atoms with Crippen molar-refractivity contribution >= 4 is 11.6 Å². The quantitative estimate of drug-likeness (QED) is 0.726. The highest BCUT2D eigenvalue weighted by Crippen LogP contribution is 2.42. The van der Waals surface area contributed by atoms with Crippen LogP contribution in [0.3, 0.4) is 0 Å². The van der Waals surface area contributed by atoms with Gasteiger partial charge in [-0.05, 0) is 37.4 Å². The largest absolute Gasteiger partial charge is 0.316 e. The lowest BCUT2D eigenvalue weighted by atomic mass is 9.73. The zero-order valence-electron chi connectivity index (χ0n) is 13.2. The summed E-state index contributed by atoms with van der Waals surface area (Å²) in [6.07, 6.45) is 6.87. The number of benzene rings is 1. The average molecular weight is 312 g/mol. The van der Waals surface area contributed by atoms with Gasteiger partial charge in [-0.15, -0.1) is 0 Å². The first-order valence-electron chi connectivity index (χ1n) is 8.20. The van der Waals surface area contributed by atoms with Crippen molar-refractivity contribution in [2.75, 3.05) is 13.1 Å². The molecule has 3 heteroatoms. The molecule has 0 spiro atoms. The fourth-order valence-electron chi connectivity index (χ4n) is 3.53. The topological polar surface area (TPSA) is 12.0 Å². The minimum absolute atomic E-state index is 0.143. The maximum Gasteiger partial charge on any atom is 0.128 e. The third kappa shape index (κ3) is 4.20. The minimum Gasteiger partial charge on any atom is -0.316 e. The van der Waals surface area contributed by atoms with Crippen molar-refractivity contribution in [3.05, 3.63) is 34.6 Å². The number of nitrogens with one attached hydrogen (secondary N) is 1. The van der Waals surface area contributed by atoms with Crippen LogP contribution >= 0.6 is 11.6 Å². The molecule has 1 N–H and O–H groups in total. The van der Waals surface area contributed by atoms with Gasteiger partial charge >= 0.3 is 0 Å². The third-order valence-corrected chi connectivity index (χ3v) is 4.88. The molecule has 0 heterocycles. The van der Waals surface area contributed by atoms with Gasteiger partial charge < -0.3 is 5.32 Å². The van der Waals surface area contributed by atoms with Crippen molar-refractivity contribution in [2.45, 2.75) is 57.8 Å². The number of hydrogen-bond acceptors (Lipinski definition) is 1. The first kappa shape index (κ1) is 16.8. The molecule has 1 saturated carbocycles. The molecule has 1 aromatic carbocycles. The normalized spacial score (nSPS) is 18.7. The molecule has 0 aromatic heterocycles. The molecule has 21 heavy (non-hydrogen) atoms. The van der Waals surface area contributed by atoms with Crippen molar-refractivity contribution < 1.29 is 4.39 Å². The molecule has 0 aliphatic heterocycles. The van der Waals surface area contributed by atoms with Crippen LogP contribution in [0.1, 0.15) is 57.9 Å². The van der Waals surface area contributed by atoms with Crippen LogP contribution in [-0.2, 0) is 5.41 Å². The van der Waals surface area contributed by atoms with Crippen LogP contribution in [0.4, 0.5) is 4.39 Å². The molecule has 118 valence electrons. The lowest BCUT2D eigenvalue weighted by molar-refractivity contribution is 0.328. The monoisotopic (exact) mass is 311 g/mol. The van der Waals surface area contributed by atoms with Crippen LogP contribution in [0.25, 0.3) is 0 Å². The second kappa shape index (κ2) is 7.60. The van der Waals surface area contributed by atoms with E-state index in [1.165, 1.54) is 12.8 Å². The molecule has 1 aliphatic rings. The van der Waals surface area contributed by atoms with Crippen LogP contribution in [-0.4, -0.2) is 13.1 Å². The zero-order chi connectivity index (χ0) is 15.3. The van der Waals surface area contributed by atoms with E-state index in [9.17, 15) is 4.39 Å². The van der Waals surface area contributed by atoms with E-state index in [-0.39, 0.29) is 11.2 Å². The summed E-state index contributed by atoms with van der Waals surface area (Å²) in [5.41, 5.74) is 0.596. The van der Waals surface area contributed by atoms with E-state index in [0.29, 0.717) is 10.9 Å². The molecular formula is C18H27ClFN. The molecular weight excluding hydrogens is 285 g/mol. The lowest BCUT2D eigenvalue weighted by Gasteiger charge is -2.35. The Hall–Kier alpha value is -0.600. The Morgan fingerprint density at radius 1 is 1.19 bits per heavy atom. The van der Waals surface area contributed by atoms with E-state index in [2.05, 4.69) is 19.2 Å². The summed E-state index contributed by atoms with van der Waals surface area (Å²) in [7, 11) is 0. The molecule has 1 nitrogen and oxygen atoms in total. The van der Waals surface area contributed by atoms with E-state index in [4.69, 9.17) is 11.6 Å². The Morgan fingerprint density at radius 2 is 1.86 bits per heavy atom. The third-order valence-electron chi connectivity index (χ3n) is 4.57.